The monoisotopic (exact) mass is 390 g/mol. The molecule has 1 N–H and O–H groups in total. The van der Waals surface area contributed by atoms with Crippen LogP contribution in [-0.2, 0) is 20.7 Å². The smallest absolute Gasteiger partial charge is 0.330 e. The Morgan fingerprint density at radius 2 is 1.83 bits per heavy atom. The van der Waals surface area contributed by atoms with Crippen LogP contribution in [0.4, 0.5) is 5.69 Å². The number of anilines is 1. The molecule has 0 saturated heterocycles. The molecule has 1 amide bonds. The van der Waals surface area contributed by atoms with Crippen molar-refractivity contribution in [3.8, 4) is 11.5 Å². The van der Waals surface area contributed by atoms with Gasteiger partial charge in [-0.15, -0.1) is 0 Å². The molecule has 0 aliphatic carbocycles. The molecule has 0 atom stereocenters. The lowest BCUT2D eigenvalue weighted by atomic mass is 10.2. The van der Waals surface area contributed by atoms with Crippen molar-refractivity contribution in [2.75, 3.05) is 11.9 Å². The number of oxazole rings is 1. The van der Waals surface area contributed by atoms with E-state index in [2.05, 4.69) is 10.3 Å². The fourth-order valence-electron chi connectivity index (χ4n) is 2.69. The molecule has 0 aliphatic heterocycles. The third-order valence-electron chi connectivity index (χ3n) is 4.13. The number of aromatic nitrogens is 1. The van der Waals surface area contributed by atoms with Crippen LogP contribution in [-0.4, -0.2) is 23.5 Å². The van der Waals surface area contributed by atoms with Crippen LogP contribution < -0.4 is 5.32 Å². The molecule has 3 rings (SSSR count). The number of carbonyl (C=O) groups excluding carboxylic acids is 2. The van der Waals surface area contributed by atoms with Crippen LogP contribution in [0.3, 0.4) is 0 Å². The van der Waals surface area contributed by atoms with Gasteiger partial charge < -0.3 is 14.5 Å². The minimum absolute atomic E-state index is 0.118. The molecular weight excluding hydrogens is 368 g/mol. The fraction of sp³-hybridized carbons (Fsp3) is 0.174. The number of hydrogen-bond acceptors (Lipinski definition) is 5. The molecule has 0 saturated carbocycles. The first kappa shape index (κ1) is 20.1. The minimum Gasteiger partial charge on any atom is -0.463 e. The van der Waals surface area contributed by atoms with Crippen molar-refractivity contribution < 1.29 is 18.7 Å². The Bertz CT molecular complexity index is 1010. The average molecular weight is 390 g/mol. The molecule has 0 radical (unpaired) electrons. The molecule has 0 bridgehead atoms. The summed E-state index contributed by atoms with van der Waals surface area (Å²) in [5, 5.41) is 2.84. The van der Waals surface area contributed by atoms with Crippen LogP contribution in [0, 0.1) is 6.92 Å². The SMILES string of the molecule is CCOC(=O)/C=C\c1ccc(NC(=O)Cc2nc(-c3ccccc3)oc2C)cc1. The van der Waals surface area contributed by atoms with E-state index in [9.17, 15) is 9.59 Å². The summed E-state index contributed by atoms with van der Waals surface area (Å²) in [5.74, 6) is 0.556. The van der Waals surface area contributed by atoms with Gasteiger partial charge in [0.25, 0.3) is 0 Å². The van der Waals surface area contributed by atoms with Crippen LogP contribution in [0.5, 0.6) is 0 Å². The summed E-state index contributed by atoms with van der Waals surface area (Å²) in [7, 11) is 0. The molecule has 0 aliphatic rings. The molecule has 2 aromatic carbocycles. The summed E-state index contributed by atoms with van der Waals surface area (Å²) in [6.07, 6.45) is 3.15. The molecule has 0 unspecified atom stereocenters. The van der Waals surface area contributed by atoms with E-state index in [1.54, 1.807) is 44.2 Å². The van der Waals surface area contributed by atoms with Crippen LogP contribution in [0.25, 0.3) is 17.5 Å². The van der Waals surface area contributed by atoms with E-state index in [1.807, 2.05) is 30.3 Å². The highest BCUT2D eigenvalue weighted by atomic mass is 16.5. The highest BCUT2D eigenvalue weighted by Crippen LogP contribution is 2.22. The number of carbonyl (C=O) groups is 2. The van der Waals surface area contributed by atoms with E-state index in [4.69, 9.17) is 9.15 Å². The van der Waals surface area contributed by atoms with Gasteiger partial charge in [-0.1, -0.05) is 30.3 Å². The number of nitrogens with zero attached hydrogens (tertiary/aromatic N) is 1. The second kappa shape index (κ2) is 9.50. The van der Waals surface area contributed by atoms with Gasteiger partial charge in [0.15, 0.2) is 0 Å². The molecule has 1 aromatic heterocycles. The first-order chi connectivity index (χ1) is 14.0. The molecule has 3 aromatic rings. The highest BCUT2D eigenvalue weighted by Gasteiger charge is 2.14. The maximum Gasteiger partial charge on any atom is 0.330 e. The van der Waals surface area contributed by atoms with Gasteiger partial charge in [-0.05, 0) is 49.8 Å². The van der Waals surface area contributed by atoms with Crippen molar-refractivity contribution in [2.45, 2.75) is 20.3 Å². The van der Waals surface area contributed by atoms with Gasteiger partial charge in [-0.25, -0.2) is 9.78 Å². The number of rotatable bonds is 7. The van der Waals surface area contributed by atoms with Crippen molar-refractivity contribution in [1.29, 1.82) is 0 Å². The Kier molecular flexibility index (Phi) is 6.58. The molecule has 6 heteroatoms. The van der Waals surface area contributed by atoms with E-state index in [1.165, 1.54) is 6.08 Å². The van der Waals surface area contributed by atoms with Crippen LogP contribution in [0.1, 0.15) is 23.9 Å². The predicted molar refractivity (Wildman–Crippen MR) is 111 cm³/mol. The highest BCUT2D eigenvalue weighted by molar-refractivity contribution is 5.92. The van der Waals surface area contributed by atoms with E-state index in [-0.39, 0.29) is 18.3 Å². The minimum atomic E-state index is -0.386. The third-order valence-corrected chi connectivity index (χ3v) is 4.13. The van der Waals surface area contributed by atoms with Crippen molar-refractivity contribution >= 4 is 23.6 Å². The van der Waals surface area contributed by atoms with Crippen molar-refractivity contribution in [2.24, 2.45) is 0 Å². The average Bonchev–Trinajstić information content (AvgIpc) is 3.08. The van der Waals surface area contributed by atoms with Gasteiger partial charge in [0, 0.05) is 17.3 Å². The van der Waals surface area contributed by atoms with E-state index < -0.39 is 0 Å². The van der Waals surface area contributed by atoms with E-state index in [0.717, 1.165) is 11.1 Å². The topological polar surface area (TPSA) is 81.4 Å². The molecule has 1 heterocycles. The maximum absolute atomic E-state index is 12.4. The van der Waals surface area contributed by atoms with Crippen LogP contribution >= 0.6 is 0 Å². The molecule has 0 fully saturated rings. The van der Waals surface area contributed by atoms with E-state index in [0.29, 0.717) is 29.6 Å². The van der Waals surface area contributed by atoms with Gasteiger partial charge in [-0.2, -0.15) is 0 Å². The van der Waals surface area contributed by atoms with Crippen LogP contribution in [0.2, 0.25) is 0 Å². The lowest BCUT2D eigenvalue weighted by Crippen LogP contribution is -2.15. The van der Waals surface area contributed by atoms with Crippen molar-refractivity contribution in [1.82, 2.24) is 4.98 Å². The number of aryl methyl sites for hydroxylation is 1. The number of amides is 1. The Morgan fingerprint density at radius 1 is 1.10 bits per heavy atom. The zero-order chi connectivity index (χ0) is 20.6. The summed E-state index contributed by atoms with van der Waals surface area (Å²) in [6, 6.07) is 16.7. The Labute approximate surface area is 169 Å². The summed E-state index contributed by atoms with van der Waals surface area (Å²) in [4.78, 5) is 28.2. The zero-order valence-corrected chi connectivity index (χ0v) is 16.3. The number of esters is 1. The number of benzene rings is 2. The second-order valence-electron chi connectivity index (χ2n) is 6.32. The van der Waals surface area contributed by atoms with Crippen LogP contribution in [0.15, 0.2) is 65.1 Å². The molecular formula is C23H22N2O4. The van der Waals surface area contributed by atoms with Gasteiger partial charge in [0.1, 0.15) is 5.76 Å². The Hall–Kier alpha value is -3.67. The van der Waals surface area contributed by atoms with Gasteiger partial charge in [-0.3, -0.25) is 4.79 Å². The zero-order valence-electron chi connectivity index (χ0n) is 16.3. The summed E-state index contributed by atoms with van der Waals surface area (Å²) in [5.41, 5.74) is 2.97. The Morgan fingerprint density at radius 3 is 2.52 bits per heavy atom. The fourth-order valence-corrected chi connectivity index (χ4v) is 2.69. The standard InChI is InChI=1S/C23H22N2O4/c1-3-28-22(27)14-11-17-9-12-19(13-10-17)24-21(26)15-20-16(2)29-23(25-20)18-7-5-4-6-8-18/h4-14H,3,15H2,1-2H3,(H,24,26)/b14-11-. The number of nitrogens with one attached hydrogen (secondary N) is 1. The maximum atomic E-state index is 12.4. The molecule has 6 nitrogen and oxygen atoms in total. The summed E-state index contributed by atoms with van der Waals surface area (Å²) in [6.45, 7) is 3.89. The van der Waals surface area contributed by atoms with Gasteiger partial charge in [0.2, 0.25) is 11.8 Å². The molecule has 148 valence electrons. The summed E-state index contributed by atoms with van der Waals surface area (Å²) < 4.78 is 10.5. The third kappa shape index (κ3) is 5.65. The van der Waals surface area contributed by atoms with Crippen molar-refractivity contribution in [3.05, 3.63) is 77.7 Å². The Balaban J connectivity index is 1.60. The second-order valence-corrected chi connectivity index (χ2v) is 6.32. The quantitative estimate of drug-likeness (QED) is 0.477. The first-order valence-corrected chi connectivity index (χ1v) is 9.31. The largest absolute Gasteiger partial charge is 0.463 e. The predicted octanol–water partition coefficient (Wildman–Crippen LogP) is 4.41. The lowest BCUT2D eigenvalue weighted by Gasteiger charge is -2.04. The number of hydrogen-bond donors (Lipinski definition) is 1. The summed E-state index contributed by atoms with van der Waals surface area (Å²) >= 11 is 0. The van der Waals surface area contributed by atoms with Gasteiger partial charge >= 0.3 is 5.97 Å². The molecule has 29 heavy (non-hydrogen) atoms. The number of ether oxygens (including phenoxy) is 1. The van der Waals surface area contributed by atoms with E-state index >= 15 is 0 Å². The molecule has 0 spiro atoms. The van der Waals surface area contributed by atoms with Gasteiger partial charge in [0.05, 0.1) is 18.7 Å². The normalized spacial score (nSPS) is 10.8. The lowest BCUT2D eigenvalue weighted by molar-refractivity contribution is -0.137. The van der Waals surface area contributed by atoms with Crippen molar-refractivity contribution in [3.63, 3.8) is 0 Å². The first-order valence-electron chi connectivity index (χ1n) is 9.31.